The average Bonchev–Trinajstić information content (AvgIpc) is 2.47. The third kappa shape index (κ3) is 3.88. The van der Waals surface area contributed by atoms with Crippen molar-refractivity contribution in [2.45, 2.75) is 31.8 Å². The van der Waals surface area contributed by atoms with Crippen molar-refractivity contribution in [3.63, 3.8) is 0 Å². The van der Waals surface area contributed by atoms with Crippen LogP contribution < -0.4 is 9.47 Å². The van der Waals surface area contributed by atoms with Gasteiger partial charge in [-0.2, -0.15) is 0 Å². The molecule has 0 aromatic heterocycles. The van der Waals surface area contributed by atoms with Gasteiger partial charge in [-0.15, -0.1) is 0 Å². The maximum Gasteiger partial charge on any atom is 0.227 e. The maximum absolute atomic E-state index is 12.4. The number of ether oxygens (including phenoxy) is 2. The standard InChI is InChI=1S/C16H23NO4/c1-16(19)6-8-17(9-7-16)15(18)10-12-4-5-13(20-2)11-14(12)21-3/h4-5,11,19H,6-10H2,1-3H3. The zero-order chi connectivity index (χ0) is 15.5. The van der Waals surface area contributed by atoms with Crippen LogP contribution in [-0.2, 0) is 11.2 Å². The molecule has 1 saturated heterocycles. The highest BCUT2D eigenvalue weighted by atomic mass is 16.5. The van der Waals surface area contributed by atoms with Crippen molar-refractivity contribution in [3.8, 4) is 11.5 Å². The van der Waals surface area contributed by atoms with Gasteiger partial charge in [-0.3, -0.25) is 4.79 Å². The van der Waals surface area contributed by atoms with Gasteiger partial charge >= 0.3 is 0 Å². The minimum absolute atomic E-state index is 0.0639. The summed E-state index contributed by atoms with van der Waals surface area (Å²) in [7, 11) is 3.18. The summed E-state index contributed by atoms with van der Waals surface area (Å²) in [5.41, 5.74) is 0.204. The molecule has 1 heterocycles. The molecule has 1 aliphatic heterocycles. The summed E-state index contributed by atoms with van der Waals surface area (Å²) < 4.78 is 10.5. The van der Waals surface area contributed by atoms with Gasteiger partial charge in [-0.1, -0.05) is 6.07 Å². The Labute approximate surface area is 125 Å². The number of hydrogen-bond donors (Lipinski definition) is 1. The first-order valence-electron chi connectivity index (χ1n) is 7.16. The van der Waals surface area contributed by atoms with Crippen molar-refractivity contribution in [1.29, 1.82) is 0 Å². The van der Waals surface area contributed by atoms with Crippen molar-refractivity contribution >= 4 is 5.91 Å². The fraction of sp³-hybridized carbons (Fsp3) is 0.562. The highest BCUT2D eigenvalue weighted by Crippen LogP contribution is 2.26. The lowest BCUT2D eigenvalue weighted by Gasteiger charge is -2.35. The van der Waals surface area contributed by atoms with Gasteiger partial charge in [-0.05, 0) is 25.8 Å². The van der Waals surface area contributed by atoms with Crippen LogP contribution in [0.5, 0.6) is 11.5 Å². The number of rotatable bonds is 4. The Kier molecular flexibility index (Phi) is 4.73. The number of methoxy groups -OCH3 is 2. The number of benzene rings is 1. The molecule has 1 aromatic rings. The highest BCUT2D eigenvalue weighted by Gasteiger charge is 2.29. The molecule has 0 radical (unpaired) electrons. The van der Waals surface area contributed by atoms with Crippen molar-refractivity contribution in [2.75, 3.05) is 27.3 Å². The lowest BCUT2D eigenvalue weighted by Crippen LogP contribution is -2.45. The molecule has 0 atom stereocenters. The lowest BCUT2D eigenvalue weighted by atomic mass is 9.93. The van der Waals surface area contributed by atoms with E-state index >= 15 is 0 Å². The third-order valence-corrected chi connectivity index (χ3v) is 4.03. The highest BCUT2D eigenvalue weighted by molar-refractivity contribution is 5.79. The molecule has 1 amide bonds. The minimum Gasteiger partial charge on any atom is -0.497 e. The normalized spacial score (nSPS) is 17.4. The Bertz CT molecular complexity index is 503. The molecule has 0 spiro atoms. The molecule has 5 heteroatoms. The molecule has 0 bridgehead atoms. The Morgan fingerprint density at radius 2 is 1.95 bits per heavy atom. The number of carbonyl (C=O) groups excluding carboxylic acids is 1. The van der Waals surface area contributed by atoms with Crippen LogP contribution >= 0.6 is 0 Å². The van der Waals surface area contributed by atoms with Gasteiger partial charge in [0.2, 0.25) is 5.91 Å². The second kappa shape index (κ2) is 6.35. The van der Waals surface area contributed by atoms with E-state index in [4.69, 9.17) is 9.47 Å². The Morgan fingerprint density at radius 1 is 1.29 bits per heavy atom. The first-order chi connectivity index (χ1) is 9.95. The van der Waals surface area contributed by atoms with E-state index < -0.39 is 5.60 Å². The fourth-order valence-electron chi connectivity index (χ4n) is 2.51. The van der Waals surface area contributed by atoms with Gasteiger partial charge < -0.3 is 19.5 Å². The van der Waals surface area contributed by atoms with E-state index in [9.17, 15) is 9.90 Å². The monoisotopic (exact) mass is 293 g/mol. The number of nitrogens with zero attached hydrogens (tertiary/aromatic N) is 1. The van der Waals surface area contributed by atoms with Crippen LogP contribution in [0.2, 0.25) is 0 Å². The van der Waals surface area contributed by atoms with Crippen LogP contribution in [0.3, 0.4) is 0 Å². The smallest absolute Gasteiger partial charge is 0.227 e. The van der Waals surface area contributed by atoms with Crippen molar-refractivity contribution < 1.29 is 19.4 Å². The molecule has 0 saturated carbocycles. The van der Waals surface area contributed by atoms with Gasteiger partial charge in [0.15, 0.2) is 0 Å². The van der Waals surface area contributed by atoms with Gasteiger partial charge in [0.05, 0.1) is 26.2 Å². The summed E-state index contributed by atoms with van der Waals surface area (Å²) in [5, 5.41) is 9.93. The first kappa shape index (κ1) is 15.6. The van der Waals surface area contributed by atoms with Gasteiger partial charge in [0.25, 0.3) is 0 Å². The maximum atomic E-state index is 12.4. The molecule has 0 aliphatic carbocycles. The topological polar surface area (TPSA) is 59.0 Å². The SMILES string of the molecule is COc1ccc(CC(=O)N2CCC(C)(O)CC2)c(OC)c1. The van der Waals surface area contributed by atoms with Gasteiger partial charge in [-0.25, -0.2) is 0 Å². The molecule has 21 heavy (non-hydrogen) atoms. The molecule has 1 aromatic carbocycles. The number of hydrogen-bond acceptors (Lipinski definition) is 4. The second-order valence-electron chi connectivity index (χ2n) is 5.73. The van der Waals surface area contributed by atoms with Gasteiger partial charge in [0.1, 0.15) is 11.5 Å². The zero-order valence-electron chi connectivity index (χ0n) is 12.9. The molecule has 5 nitrogen and oxygen atoms in total. The van der Waals surface area contributed by atoms with Crippen molar-refractivity contribution in [1.82, 2.24) is 4.90 Å². The summed E-state index contributed by atoms with van der Waals surface area (Å²) in [5.74, 6) is 1.43. The summed E-state index contributed by atoms with van der Waals surface area (Å²) in [6, 6.07) is 5.46. The molecule has 1 fully saturated rings. The van der Waals surface area contributed by atoms with E-state index in [1.807, 2.05) is 24.0 Å². The molecular formula is C16H23NO4. The van der Waals surface area contributed by atoms with Crippen LogP contribution in [0.4, 0.5) is 0 Å². The number of carbonyl (C=O) groups is 1. The first-order valence-corrected chi connectivity index (χ1v) is 7.16. The van der Waals surface area contributed by atoms with Crippen LogP contribution in [0.1, 0.15) is 25.3 Å². The van der Waals surface area contributed by atoms with E-state index in [1.165, 1.54) is 0 Å². The van der Waals surface area contributed by atoms with Crippen molar-refractivity contribution in [2.24, 2.45) is 0 Å². The molecule has 2 rings (SSSR count). The van der Waals surface area contributed by atoms with E-state index in [2.05, 4.69) is 0 Å². The van der Waals surface area contributed by atoms with Crippen LogP contribution in [0, 0.1) is 0 Å². The number of piperidine rings is 1. The molecule has 0 unspecified atom stereocenters. The summed E-state index contributed by atoms with van der Waals surface area (Å²) in [6.45, 7) is 3.02. The Hall–Kier alpha value is -1.75. The van der Waals surface area contributed by atoms with Gasteiger partial charge in [0, 0.05) is 24.7 Å². The van der Waals surface area contributed by atoms with Crippen molar-refractivity contribution in [3.05, 3.63) is 23.8 Å². The largest absolute Gasteiger partial charge is 0.497 e. The zero-order valence-corrected chi connectivity index (χ0v) is 12.9. The Morgan fingerprint density at radius 3 is 2.52 bits per heavy atom. The summed E-state index contributed by atoms with van der Waals surface area (Å²) >= 11 is 0. The van der Waals surface area contributed by atoms with E-state index in [-0.39, 0.29) is 5.91 Å². The molecule has 1 aliphatic rings. The van der Waals surface area contributed by atoms with Crippen LogP contribution in [0.25, 0.3) is 0 Å². The summed E-state index contributed by atoms with van der Waals surface area (Å²) in [4.78, 5) is 14.2. The second-order valence-corrected chi connectivity index (χ2v) is 5.73. The predicted octanol–water partition coefficient (Wildman–Crippen LogP) is 1.62. The van der Waals surface area contributed by atoms with E-state index in [0.29, 0.717) is 43.9 Å². The summed E-state index contributed by atoms with van der Waals surface area (Å²) in [6.07, 6.45) is 1.55. The number of amides is 1. The number of aliphatic hydroxyl groups is 1. The molecule has 116 valence electrons. The molecule has 1 N–H and O–H groups in total. The molecular weight excluding hydrogens is 270 g/mol. The van der Waals surface area contributed by atoms with Crippen LogP contribution in [0.15, 0.2) is 18.2 Å². The van der Waals surface area contributed by atoms with E-state index in [1.54, 1.807) is 20.3 Å². The quantitative estimate of drug-likeness (QED) is 0.916. The Balaban J connectivity index is 2.03. The predicted molar refractivity (Wildman–Crippen MR) is 79.7 cm³/mol. The van der Waals surface area contributed by atoms with E-state index in [0.717, 1.165) is 5.56 Å². The lowest BCUT2D eigenvalue weighted by molar-refractivity contribution is -0.134. The van der Waals surface area contributed by atoms with Crippen LogP contribution in [-0.4, -0.2) is 48.8 Å². The number of likely N-dealkylation sites (tertiary alicyclic amines) is 1. The fourth-order valence-corrected chi connectivity index (χ4v) is 2.51. The average molecular weight is 293 g/mol. The minimum atomic E-state index is -0.644. The third-order valence-electron chi connectivity index (χ3n) is 4.03.